The molecule has 19 heavy (non-hydrogen) atoms. The van der Waals surface area contributed by atoms with E-state index in [-0.39, 0.29) is 0 Å². The van der Waals surface area contributed by atoms with E-state index in [4.69, 9.17) is 4.98 Å². The number of hydrogen-bond acceptors (Lipinski definition) is 2. The Kier molecular flexibility index (Phi) is 4.78. The zero-order valence-corrected chi connectivity index (χ0v) is 12.3. The summed E-state index contributed by atoms with van der Waals surface area (Å²) in [5, 5.41) is 4.48. The van der Waals surface area contributed by atoms with Gasteiger partial charge in [-0.3, -0.25) is 0 Å². The van der Waals surface area contributed by atoms with Crippen molar-refractivity contribution in [3.05, 3.63) is 35.4 Å². The van der Waals surface area contributed by atoms with Crippen LogP contribution in [0.25, 0.3) is 10.9 Å². The molecular formula is C17H24N2. The highest BCUT2D eigenvalue weighted by molar-refractivity contribution is 5.82. The van der Waals surface area contributed by atoms with Crippen LogP contribution in [0.4, 0.5) is 5.82 Å². The van der Waals surface area contributed by atoms with E-state index in [9.17, 15) is 0 Å². The monoisotopic (exact) mass is 256 g/mol. The molecule has 2 nitrogen and oxygen atoms in total. The summed E-state index contributed by atoms with van der Waals surface area (Å²) in [6.45, 7) is 4.45. The lowest BCUT2D eigenvalue weighted by Gasteiger charge is -2.10. The minimum absolute atomic E-state index is 1.02. The van der Waals surface area contributed by atoms with Crippen LogP contribution in [0.2, 0.25) is 0 Å². The van der Waals surface area contributed by atoms with Crippen molar-refractivity contribution in [3.63, 3.8) is 0 Å². The van der Waals surface area contributed by atoms with Crippen LogP contribution in [0.3, 0.4) is 0 Å². The molecule has 0 radical (unpaired) electrons. The summed E-state index contributed by atoms with van der Waals surface area (Å²) in [5.41, 5.74) is 3.84. The highest BCUT2D eigenvalue weighted by Crippen LogP contribution is 2.23. The molecule has 1 heterocycles. The topological polar surface area (TPSA) is 24.9 Å². The number of nitrogens with zero attached hydrogens (tertiary/aromatic N) is 1. The molecule has 0 bridgehead atoms. The molecule has 2 aromatic rings. The minimum atomic E-state index is 1.02. The average molecular weight is 256 g/mol. The molecule has 0 aliphatic heterocycles. The number of rotatable bonds is 6. The second-order valence-corrected chi connectivity index (χ2v) is 5.13. The van der Waals surface area contributed by atoms with Crippen molar-refractivity contribution in [1.82, 2.24) is 4.98 Å². The lowest BCUT2D eigenvalue weighted by atomic mass is 10.0. The molecule has 0 saturated carbocycles. The Labute approximate surface area is 116 Å². The molecule has 102 valence electrons. The molecular weight excluding hydrogens is 232 g/mol. The van der Waals surface area contributed by atoms with Gasteiger partial charge in [-0.1, -0.05) is 32.8 Å². The average Bonchev–Trinajstić information content (AvgIpc) is 2.44. The maximum atomic E-state index is 4.72. The van der Waals surface area contributed by atoms with Crippen molar-refractivity contribution in [2.24, 2.45) is 0 Å². The summed E-state index contributed by atoms with van der Waals surface area (Å²) in [4.78, 5) is 4.72. The second kappa shape index (κ2) is 6.55. The Bertz CT molecular complexity index is 546. The van der Waals surface area contributed by atoms with Gasteiger partial charge in [0.2, 0.25) is 0 Å². The van der Waals surface area contributed by atoms with Crippen molar-refractivity contribution < 1.29 is 0 Å². The Morgan fingerprint density at radius 3 is 2.58 bits per heavy atom. The van der Waals surface area contributed by atoms with E-state index in [2.05, 4.69) is 43.4 Å². The van der Waals surface area contributed by atoms with Crippen LogP contribution in [0.15, 0.2) is 24.3 Å². The highest BCUT2D eigenvalue weighted by atomic mass is 15.0. The SMILES string of the molecule is CCCCc1ccc2nc(NC)c(CCC)cc2c1. The number of unbranched alkanes of at least 4 members (excludes halogenated alkanes) is 1. The first-order chi connectivity index (χ1) is 9.28. The van der Waals surface area contributed by atoms with Gasteiger partial charge in [-0.25, -0.2) is 4.98 Å². The van der Waals surface area contributed by atoms with E-state index in [1.807, 2.05) is 7.05 Å². The number of hydrogen-bond donors (Lipinski definition) is 1. The third kappa shape index (κ3) is 3.25. The zero-order valence-electron chi connectivity index (χ0n) is 12.3. The third-order valence-electron chi connectivity index (χ3n) is 3.53. The number of fused-ring (bicyclic) bond motifs is 1. The molecule has 1 aromatic carbocycles. The van der Waals surface area contributed by atoms with Gasteiger partial charge < -0.3 is 5.32 Å². The summed E-state index contributed by atoms with van der Waals surface area (Å²) < 4.78 is 0. The van der Waals surface area contributed by atoms with E-state index < -0.39 is 0 Å². The molecule has 2 heteroatoms. The van der Waals surface area contributed by atoms with E-state index in [0.717, 1.165) is 24.2 Å². The van der Waals surface area contributed by atoms with Gasteiger partial charge in [-0.05, 0) is 48.6 Å². The Morgan fingerprint density at radius 2 is 1.89 bits per heavy atom. The van der Waals surface area contributed by atoms with E-state index in [1.165, 1.54) is 35.8 Å². The van der Waals surface area contributed by atoms with Gasteiger partial charge in [-0.2, -0.15) is 0 Å². The number of aromatic nitrogens is 1. The molecule has 2 rings (SSSR count). The summed E-state index contributed by atoms with van der Waals surface area (Å²) in [7, 11) is 1.95. The van der Waals surface area contributed by atoms with Gasteiger partial charge >= 0.3 is 0 Å². The predicted octanol–water partition coefficient (Wildman–Crippen LogP) is 4.57. The largest absolute Gasteiger partial charge is 0.373 e. The normalized spacial score (nSPS) is 10.9. The number of pyridine rings is 1. The fourth-order valence-corrected chi connectivity index (χ4v) is 2.48. The summed E-state index contributed by atoms with van der Waals surface area (Å²) >= 11 is 0. The Morgan fingerprint density at radius 1 is 1.05 bits per heavy atom. The van der Waals surface area contributed by atoms with Crippen LogP contribution < -0.4 is 5.32 Å². The van der Waals surface area contributed by atoms with Crippen LogP contribution in [0.1, 0.15) is 44.2 Å². The fourth-order valence-electron chi connectivity index (χ4n) is 2.48. The predicted molar refractivity (Wildman–Crippen MR) is 83.9 cm³/mol. The minimum Gasteiger partial charge on any atom is -0.373 e. The first-order valence-electron chi connectivity index (χ1n) is 7.38. The van der Waals surface area contributed by atoms with E-state index in [0.29, 0.717) is 0 Å². The van der Waals surface area contributed by atoms with Gasteiger partial charge in [0.1, 0.15) is 5.82 Å². The maximum Gasteiger partial charge on any atom is 0.129 e. The molecule has 0 amide bonds. The van der Waals surface area contributed by atoms with Crippen LogP contribution in [0, 0.1) is 0 Å². The van der Waals surface area contributed by atoms with Crippen molar-refractivity contribution in [3.8, 4) is 0 Å². The molecule has 0 atom stereocenters. The molecule has 0 unspecified atom stereocenters. The fraction of sp³-hybridized carbons (Fsp3) is 0.471. The lowest BCUT2D eigenvalue weighted by Crippen LogP contribution is -1.99. The van der Waals surface area contributed by atoms with Crippen molar-refractivity contribution in [1.29, 1.82) is 0 Å². The number of benzene rings is 1. The molecule has 1 N–H and O–H groups in total. The quantitative estimate of drug-likeness (QED) is 0.818. The molecule has 0 saturated heterocycles. The number of aryl methyl sites for hydroxylation is 2. The zero-order chi connectivity index (χ0) is 13.7. The summed E-state index contributed by atoms with van der Waals surface area (Å²) in [6.07, 6.45) is 5.91. The first kappa shape index (κ1) is 13.9. The van der Waals surface area contributed by atoms with Crippen molar-refractivity contribution in [2.75, 3.05) is 12.4 Å². The van der Waals surface area contributed by atoms with Gasteiger partial charge in [-0.15, -0.1) is 0 Å². The van der Waals surface area contributed by atoms with Gasteiger partial charge in [0.25, 0.3) is 0 Å². The molecule has 1 aromatic heterocycles. The highest BCUT2D eigenvalue weighted by Gasteiger charge is 2.05. The summed E-state index contributed by atoms with van der Waals surface area (Å²) in [6, 6.07) is 8.96. The standard InChI is InChI=1S/C17H24N2/c1-4-6-8-13-9-10-16-15(11-13)12-14(7-5-2)17(18-3)19-16/h9-12H,4-8H2,1-3H3,(H,18,19). The second-order valence-electron chi connectivity index (χ2n) is 5.13. The summed E-state index contributed by atoms with van der Waals surface area (Å²) in [5.74, 6) is 1.02. The molecule has 0 fully saturated rings. The van der Waals surface area contributed by atoms with Crippen LogP contribution in [0.5, 0.6) is 0 Å². The smallest absolute Gasteiger partial charge is 0.129 e. The first-order valence-corrected chi connectivity index (χ1v) is 7.38. The maximum absolute atomic E-state index is 4.72. The van der Waals surface area contributed by atoms with Crippen molar-refractivity contribution >= 4 is 16.7 Å². The van der Waals surface area contributed by atoms with Crippen LogP contribution in [-0.4, -0.2) is 12.0 Å². The Balaban J connectivity index is 2.40. The number of nitrogens with one attached hydrogen (secondary N) is 1. The van der Waals surface area contributed by atoms with Crippen LogP contribution in [-0.2, 0) is 12.8 Å². The third-order valence-corrected chi connectivity index (χ3v) is 3.53. The van der Waals surface area contributed by atoms with Crippen LogP contribution >= 0.6 is 0 Å². The number of anilines is 1. The molecule has 0 aliphatic rings. The van der Waals surface area contributed by atoms with Gasteiger partial charge in [0, 0.05) is 12.4 Å². The van der Waals surface area contributed by atoms with E-state index >= 15 is 0 Å². The van der Waals surface area contributed by atoms with E-state index in [1.54, 1.807) is 0 Å². The van der Waals surface area contributed by atoms with Gasteiger partial charge in [0.05, 0.1) is 5.52 Å². The molecule has 0 aliphatic carbocycles. The van der Waals surface area contributed by atoms with Crippen molar-refractivity contribution in [2.45, 2.75) is 46.0 Å². The molecule has 0 spiro atoms. The van der Waals surface area contributed by atoms with Gasteiger partial charge in [0.15, 0.2) is 0 Å². The lowest BCUT2D eigenvalue weighted by molar-refractivity contribution is 0.796. The Hall–Kier alpha value is -1.57.